The highest BCUT2D eigenvalue weighted by atomic mass is 35.5. The first-order valence-corrected chi connectivity index (χ1v) is 9.38. The number of aryl methyl sites for hydroxylation is 1. The van der Waals surface area contributed by atoms with Crippen LogP contribution in [0.2, 0.25) is 5.02 Å². The first-order chi connectivity index (χ1) is 13.5. The van der Waals surface area contributed by atoms with Crippen molar-refractivity contribution in [3.8, 4) is 11.3 Å². The molecule has 0 amide bonds. The second-order valence-electron chi connectivity index (χ2n) is 6.44. The maximum Gasteiger partial charge on any atom is 0.358 e. The zero-order valence-corrected chi connectivity index (χ0v) is 16.3. The van der Waals surface area contributed by atoms with Crippen molar-refractivity contribution in [3.63, 3.8) is 0 Å². The third kappa shape index (κ3) is 3.51. The highest BCUT2D eigenvalue weighted by Crippen LogP contribution is 2.23. The van der Waals surface area contributed by atoms with Crippen LogP contribution in [0.5, 0.6) is 0 Å². The number of carbonyl (C=O) groups excluding carboxylic acids is 1. The van der Waals surface area contributed by atoms with E-state index in [1.54, 1.807) is 17.7 Å². The minimum Gasteiger partial charge on any atom is -0.461 e. The molecular formula is C21H19ClN4O2. The van der Waals surface area contributed by atoms with Crippen molar-refractivity contribution in [2.45, 2.75) is 20.4 Å². The van der Waals surface area contributed by atoms with E-state index in [0.29, 0.717) is 23.9 Å². The molecule has 0 unspecified atom stereocenters. The van der Waals surface area contributed by atoms with Gasteiger partial charge in [-0.3, -0.25) is 4.68 Å². The van der Waals surface area contributed by atoms with Crippen LogP contribution in [0.4, 0.5) is 0 Å². The third-order valence-electron chi connectivity index (χ3n) is 4.48. The molecular weight excluding hydrogens is 376 g/mol. The lowest BCUT2D eigenvalue weighted by atomic mass is 10.1. The summed E-state index contributed by atoms with van der Waals surface area (Å²) in [6.45, 7) is 4.51. The Morgan fingerprint density at radius 2 is 1.89 bits per heavy atom. The number of hydrogen-bond donors (Lipinski definition) is 0. The Labute approximate surface area is 167 Å². The molecule has 0 saturated heterocycles. The summed E-state index contributed by atoms with van der Waals surface area (Å²) in [5.41, 5.74) is 5.00. The molecule has 0 aliphatic carbocycles. The van der Waals surface area contributed by atoms with Gasteiger partial charge in [-0.05, 0) is 50.2 Å². The average molecular weight is 395 g/mol. The number of halogens is 1. The molecule has 0 N–H and O–H groups in total. The average Bonchev–Trinajstić information content (AvgIpc) is 3.27. The molecule has 0 aliphatic rings. The van der Waals surface area contributed by atoms with Crippen LogP contribution in [-0.4, -0.2) is 32.0 Å². The summed E-state index contributed by atoms with van der Waals surface area (Å²) in [7, 11) is 0. The zero-order chi connectivity index (χ0) is 19.7. The summed E-state index contributed by atoms with van der Waals surface area (Å²) >= 11 is 5.98. The summed E-state index contributed by atoms with van der Waals surface area (Å²) in [5, 5.41) is 9.84. The predicted molar refractivity (Wildman–Crippen MR) is 108 cm³/mol. The lowest BCUT2D eigenvalue weighted by Gasteiger charge is -2.07. The van der Waals surface area contributed by atoms with E-state index in [-0.39, 0.29) is 0 Å². The summed E-state index contributed by atoms with van der Waals surface area (Å²) < 4.78 is 8.72. The number of aromatic nitrogens is 4. The molecule has 3 heterocycles. The van der Waals surface area contributed by atoms with Gasteiger partial charge in [0.2, 0.25) is 0 Å². The van der Waals surface area contributed by atoms with Crippen molar-refractivity contribution in [1.82, 2.24) is 19.4 Å². The molecule has 4 aromatic rings. The van der Waals surface area contributed by atoms with Gasteiger partial charge >= 0.3 is 5.97 Å². The largest absolute Gasteiger partial charge is 0.461 e. The number of rotatable bonds is 5. The lowest BCUT2D eigenvalue weighted by Crippen LogP contribution is -2.10. The molecule has 4 rings (SSSR count). The van der Waals surface area contributed by atoms with Gasteiger partial charge in [0, 0.05) is 16.3 Å². The van der Waals surface area contributed by atoms with E-state index in [2.05, 4.69) is 5.10 Å². The van der Waals surface area contributed by atoms with Gasteiger partial charge in [0.05, 0.1) is 30.1 Å². The molecule has 1 aromatic carbocycles. The summed E-state index contributed by atoms with van der Waals surface area (Å²) in [6.07, 6.45) is 0. The monoisotopic (exact) mass is 394 g/mol. The van der Waals surface area contributed by atoms with Crippen LogP contribution in [0.1, 0.15) is 28.8 Å². The Hall–Kier alpha value is -3.12. The van der Waals surface area contributed by atoms with Crippen molar-refractivity contribution in [2.75, 3.05) is 6.61 Å². The van der Waals surface area contributed by atoms with E-state index in [1.807, 2.05) is 60.0 Å². The van der Waals surface area contributed by atoms with Gasteiger partial charge < -0.3 is 4.74 Å². The molecule has 0 fully saturated rings. The first kappa shape index (κ1) is 18.3. The highest BCUT2D eigenvalue weighted by molar-refractivity contribution is 6.30. The quantitative estimate of drug-likeness (QED) is 0.471. The van der Waals surface area contributed by atoms with Crippen LogP contribution in [0.15, 0.2) is 54.6 Å². The Bertz CT molecular complexity index is 1150. The van der Waals surface area contributed by atoms with Crippen molar-refractivity contribution in [3.05, 3.63) is 76.7 Å². The van der Waals surface area contributed by atoms with Gasteiger partial charge in [0.25, 0.3) is 0 Å². The first-order valence-electron chi connectivity index (χ1n) is 9.00. The van der Waals surface area contributed by atoms with Gasteiger partial charge in [-0.15, -0.1) is 0 Å². The number of carbonyl (C=O) groups is 1. The van der Waals surface area contributed by atoms with Gasteiger partial charge in [-0.1, -0.05) is 29.8 Å². The molecule has 28 heavy (non-hydrogen) atoms. The minimum absolute atomic E-state index is 0.314. The van der Waals surface area contributed by atoms with Gasteiger partial charge in [0.1, 0.15) is 0 Å². The second-order valence-corrected chi connectivity index (χ2v) is 6.88. The van der Waals surface area contributed by atoms with Crippen LogP contribution in [0.25, 0.3) is 16.8 Å². The summed E-state index contributed by atoms with van der Waals surface area (Å²) in [5.74, 6) is -0.410. The number of ether oxygens (including phenoxy) is 1. The number of pyridine rings is 1. The van der Waals surface area contributed by atoms with Crippen molar-refractivity contribution in [2.24, 2.45) is 0 Å². The van der Waals surface area contributed by atoms with E-state index in [1.165, 1.54) is 0 Å². The van der Waals surface area contributed by atoms with Crippen LogP contribution in [0.3, 0.4) is 0 Å². The predicted octanol–water partition coefficient (Wildman–Crippen LogP) is 4.38. The Balaban J connectivity index is 1.68. The fourth-order valence-electron chi connectivity index (χ4n) is 3.08. The van der Waals surface area contributed by atoms with Crippen LogP contribution in [0, 0.1) is 6.92 Å². The lowest BCUT2D eigenvalue weighted by molar-refractivity contribution is 0.0518. The van der Waals surface area contributed by atoms with Crippen LogP contribution >= 0.6 is 11.6 Å². The van der Waals surface area contributed by atoms with Crippen LogP contribution in [-0.2, 0) is 11.3 Å². The number of benzene rings is 1. The molecule has 0 saturated carbocycles. The number of fused-ring (bicyclic) bond motifs is 1. The highest BCUT2D eigenvalue weighted by Gasteiger charge is 2.15. The molecule has 7 heteroatoms. The Morgan fingerprint density at radius 3 is 2.64 bits per heavy atom. The SMILES string of the molecule is CCOC(=O)c1cc(C)n(Cc2cccc3cc(-c4ccc(Cl)cc4)nn23)n1. The van der Waals surface area contributed by atoms with E-state index in [0.717, 1.165) is 28.2 Å². The number of esters is 1. The smallest absolute Gasteiger partial charge is 0.358 e. The standard InChI is InChI=1S/C21H19ClN4O2/c1-3-28-21(27)20-11-14(2)25(23-20)13-18-6-4-5-17-12-19(24-26(17)18)15-7-9-16(22)10-8-15/h4-12H,3,13H2,1-2H3. The van der Waals surface area contributed by atoms with Crippen LogP contribution < -0.4 is 0 Å². The van der Waals surface area contributed by atoms with Crippen molar-refractivity contribution >= 4 is 23.1 Å². The maximum absolute atomic E-state index is 11.9. The zero-order valence-electron chi connectivity index (χ0n) is 15.6. The number of nitrogens with zero attached hydrogens (tertiary/aromatic N) is 4. The Kier molecular flexibility index (Phi) is 4.88. The van der Waals surface area contributed by atoms with Gasteiger partial charge in [-0.25, -0.2) is 9.31 Å². The summed E-state index contributed by atoms with van der Waals surface area (Å²) in [4.78, 5) is 11.9. The van der Waals surface area contributed by atoms with E-state index in [4.69, 9.17) is 21.4 Å². The molecule has 6 nitrogen and oxygen atoms in total. The third-order valence-corrected chi connectivity index (χ3v) is 4.73. The molecule has 142 valence electrons. The normalized spacial score (nSPS) is 11.1. The second kappa shape index (κ2) is 7.48. The van der Waals surface area contributed by atoms with Crippen molar-refractivity contribution < 1.29 is 9.53 Å². The molecule has 0 aliphatic heterocycles. The molecule has 3 aromatic heterocycles. The molecule has 0 atom stereocenters. The van der Waals surface area contributed by atoms with Crippen molar-refractivity contribution in [1.29, 1.82) is 0 Å². The minimum atomic E-state index is -0.410. The molecule has 0 spiro atoms. The fourth-order valence-corrected chi connectivity index (χ4v) is 3.21. The Morgan fingerprint density at radius 1 is 1.11 bits per heavy atom. The number of hydrogen-bond acceptors (Lipinski definition) is 4. The van der Waals surface area contributed by atoms with Gasteiger partial charge in [0.15, 0.2) is 5.69 Å². The van der Waals surface area contributed by atoms with E-state index < -0.39 is 5.97 Å². The molecule has 0 bridgehead atoms. The van der Waals surface area contributed by atoms with E-state index >= 15 is 0 Å². The summed E-state index contributed by atoms with van der Waals surface area (Å²) in [6, 6.07) is 17.4. The molecule has 0 radical (unpaired) electrons. The van der Waals surface area contributed by atoms with Gasteiger partial charge in [-0.2, -0.15) is 10.2 Å². The fraction of sp³-hybridized carbons (Fsp3) is 0.190. The maximum atomic E-state index is 11.9. The van der Waals surface area contributed by atoms with E-state index in [9.17, 15) is 4.79 Å². The topological polar surface area (TPSA) is 61.4 Å².